The van der Waals surface area contributed by atoms with E-state index >= 15 is 0 Å². The van der Waals surface area contributed by atoms with Crippen LogP contribution in [0.1, 0.15) is 15.2 Å². The Hall–Kier alpha value is -1.32. The monoisotopic (exact) mass is 265 g/mol. The Morgan fingerprint density at radius 3 is 2.65 bits per heavy atom. The highest BCUT2D eigenvalue weighted by Crippen LogP contribution is 2.22. The summed E-state index contributed by atoms with van der Waals surface area (Å²) in [5, 5.41) is 2.73. The van der Waals surface area contributed by atoms with Crippen LogP contribution in [-0.4, -0.2) is 13.3 Å². The molecule has 2 aromatic rings. The van der Waals surface area contributed by atoms with Crippen LogP contribution in [0.25, 0.3) is 0 Å². The van der Waals surface area contributed by atoms with Crippen LogP contribution in [0, 0.1) is 0 Å². The number of hydrogen-bond donors (Lipinski definition) is 0. The Morgan fingerprint density at radius 2 is 2.06 bits per heavy atom. The van der Waals surface area contributed by atoms with E-state index in [2.05, 4.69) is 4.90 Å². The van der Waals surface area contributed by atoms with E-state index in [1.807, 2.05) is 42.8 Å². The average Bonchev–Trinajstić information content (AvgIpc) is 2.81. The molecule has 1 aromatic heterocycles. The zero-order valence-corrected chi connectivity index (χ0v) is 11.0. The molecule has 0 aliphatic heterocycles. The van der Waals surface area contributed by atoms with Crippen molar-refractivity contribution in [2.24, 2.45) is 0 Å². The second-order valence-corrected chi connectivity index (χ2v) is 5.19. The first-order valence-electron chi connectivity index (χ1n) is 5.18. The fourth-order valence-electron chi connectivity index (χ4n) is 1.56. The molecule has 0 saturated heterocycles. The van der Waals surface area contributed by atoms with Crippen LogP contribution >= 0.6 is 22.9 Å². The predicted octanol–water partition coefficient (Wildman–Crippen LogP) is 3.85. The van der Waals surface area contributed by atoms with Crippen LogP contribution in [0.5, 0.6) is 0 Å². The van der Waals surface area contributed by atoms with Gasteiger partial charge in [-0.1, -0.05) is 23.7 Å². The van der Waals surface area contributed by atoms with Crippen molar-refractivity contribution >= 4 is 34.9 Å². The molecule has 0 saturated carbocycles. The van der Waals surface area contributed by atoms with Crippen molar-refractivity contribution in [2.45, 2.75) is 6.54 Å². The van der Waals surface area contributed by atoms with Crippen LogP contribution in [0.2, 0.25) is 5.02 Å². The van der Waals surface area contributed by atoms with Crippen LogP contribution in [-0.2, 0) is 6.54 Å². The Bertz CT molecular complexity index is 506. The number of anilines is 1. The van der Waals surface area contributed by atoms with Gasteiger partial charge in [0.25, 0.3) is 0 Å². The largest absolute Gasteiger partial charge is 0.370 e. The summed E-state index contributed by atoms with van der Waals surface area (Å²) in [6, 6.07) is 9.68. The van der Waals surface area contributed by atoms with Gasteiger partial charge in [0.05, 0.1) is 4.88 Å². The molecule has 17 heavy (non-hydrogen) atoms. The fraction of sp³-hybridized carbons (Fsp3) is 0.154. The van der Waals surface area contributed by atoms with Crippen LogP contribution in [0.4, 0.5) is 5.69 Å². The third-order valence-electron chi connectivity index (χ3n) is 2.50. The van der Waals surface area contributed by atoms with Crippen molar-refractivity contribution in [3.8, 4) is 0 Å². The van der Waals surface area contributed by atoms with Crippen molar-refractivity contribution in [1.29, 1.82) is 0 Å². The van der Waals surface area contributed by atoms with Crippen LogP contribution in [0.15, 0.2) is 35.7 Å². The van der Waals surface area contributed by atoms with Gasteiger partial charge in [-0.3, -0.25) is 4.79 Å². The number of rotatable bonds is 4. The second-order valence-electron chi connectivity index (χ2n) is 3.81. The van der Waals surface area contributed by atoms with Gasteiger partial charge in [-0.25, -0.2) is 0 Å². The molecular weight excluding hydrogens is 254 g/mol. The van der Waals surface area contributed by atoms with Gasteiger partial charge in [0.15, 0.2) is 6.29 Å². The molecule has 4 heteroatoms. The lowest BCUT2D eigenvalue weighted by molar-refractivity contribution is 0.112. The normalized spacial score (nSPS) is 10.2. The lowest BCUT2D eigenvalue weighted by atomic mass is 10.2. The van der Waals surface area contributed by atoms with E-state index in [-0.39, 0.29) is 0 Å². The second kappa shape index (κ2) is 5.34. The van der Waals surface area contributed by atoms with Crippen molar-refractivity contribution in [1.82, 2.24) is 0 Å². The number of carbonyl (C=O) groups is 1. The average molecular weight is 266 g/mol. The summed E-state index contributed by atoms with van der Waals surface area (Å²) in [6.07, 6.45) is 0.879. The Labute approximate surface area is 109 Å². The molecule has 0 fully saturated rings. The predicted molar refractivity (Wildman–Crippen MR) is 73.3 cm³/mol. The molecule has 2 rings (SSSR count). The number of nitrogens with zero attached hydrogens (tertiary/aromatic N) is 1. The lowest BCUT2D eigenvalue weighted by Gasteiger charge is -2.17. The molecule has 0 atom stereocenters. The van der Waals surface area contributed by atoms with Crippen LogP contribution in [0.3, 0.4) is 0 Å². The number of hydrogen-bond acceptors (Lipinski definition) is 3. The van der Waals surface area contributed by atoms with Crippen molar-refractivity contribution in [3.63, 3.8) is 0 Å². The van der Waals surface area contributed by atoms with E-state index in [0.29, 0.717) is 0 Å². The molecule has 0 N–H and O–H groups in total. The van der Waals surface area contributed by atoms with Gasteiger partial charge in [-0.2, -0.15) is 0 Å². The van der Waals surface area contributed by atoms with Crippen molar-refractivity contribution < 1.29 is 4.79 Å². The summed E-state index contributed by atoms with van der Waals surface area (Å²) in [5.74, 6) is 0. The third kappa shape index (κ3) is 3.08. The van der Waals surface area contributed by atoms with E-state index < -0.39 is 0 Å². The van der Waals surface area contributed by atoms with Crippen molar-refractivity contribution in [2.75, 3.05) is 11.9 Å². The number of thiophene rings is 1. The maximum Gasteiger partial charge on any atom is 0.160 e. The zero-order chi connectivity index (χ0) is 12.3. The minimum Gasteiger partial charge on any atom is -0.370 e. The number of carbonyl (C=O) groups excluding carboxylic acids is 1. The van der Waals surface area contributed by atoms with Crippen molar-refractivity contribution in [3.05, 3.63) is 51.2 Å². The topological polar surface area (TPSA) is 20.3 Å². The van der Waals surface area contributed by atoms with E-state index in [9.17, 15) is 4.79 Å². The smallest absolute Gasteiger partial charge is 0.160 e. The van der Waals surface area contributed by atoms with Gasteiger partial charge in [0.1, 0.15) is 0 Å². The first-order chi connectivity index (χ1) is 8.19. The van der Waals surface area contributed by atoms with E-state index in [1.165, 1.54) is 16.9 Å². The first-order valence-corrected chi connectivity index (χ1v) is 6.44. The summed E-state index contributed by atoms with van der Waals surface area (Å²) in [7, 11) is 2.01. The lowest BCUT2D eigenvalue weighted by Crippen LogP contribution is -2.15. The number of benzene rings is 1. The Morgan fingerprint density at radius 1 is 1.35 bits per heavy atom. The molecule has 0 aliphatic carbocycles. The molecule has 0 radical (unpaired) electrons. The van der Waals surface area contributed by atoms with Gasteiger partial charge < -0.3 is 4.90 Å². The Balaban J connectivity index is 2.08. The summed E-state index contributed by atoms with van der Waals surface area (Å²) >= 11 is 7.30. The first kappa shape index (κ1) is 12.1. The number of aldehydes is 1. The summed E-state index contributed by atoms with van der Waals surface area (Å²) in [6.45, 7) is 0.798. The van der Waals surface area contributed by atoms with Gasteiger partial charge >= 0.3 is 0 Å². The molecule has 0 spiro atoms. The SMILES string of the molecule is CN(Cc1ccc(Cl)cc1)c1csc(C=O)c1. The standard InChI is InChI=1S/C13H12ClNOS/c1-15(12-6-13(8-16)17-9-12)7-10-2-4-11(14)5-3-10/h2-6,8-9H,7H2,1H3. The van der Waals surface area contributed by atoms with Gasteiger partial charge in [-0.15, -0.1) is 11.3 Å². The molecule has 88 valence electrons. The molecule has 0 aliphatic rings. The molecule has 0 amide bonds. The molecule has 1 heterocycles. The van der Waals surface area contributed by atoms with Gasteiger partial charge in [-0.05, 0) is 23.8 Å². The molecule has 0 bridgehead atoms. The minimum absolute atomic E-state index is 0.746. The highest BCUT2D eigenvalue weighted by molar-refractivity contribution is 7.12. The van der Waals surface area contributed by atoms with Gasteiger partial charge in [0.2, 0.25) is 0 Å². The van der Waals surface area contributed by atoms with E-state index in [1.54, 1.807) is 0 Å². The summed E-state index contributed by atoms with van der Waals surface area (Å²) < 4.78 is 0. The fourth-order valence-corrected chi connectivity index (χ4v) is 2.43. The highest BCUT2D eigenvalue weighted by atomic mass is 35.5. The maximum absolute atomic E-state index is 10.6. The van der Waals surface area contributed by atoms with E-state index in [4.69, 9.17) is 11.6 Å². The number of halogens is 1. The zero-order valence-electron chi connectivity index (χ0n) is 9.39. The minimum atomic E-state index is 0.746. The Kier molecular flexibility index (Phi) is 3.82. The summed E-state index contributed by atoms with van der Waals surface area (Å²) in [4.78, 5) is 13.5. The van der Waals surface area contributed by atoms with Crippen LogP contribution < -0.4 is 4.90 Å². The molecular formula is C13H12ClNOS. The highest BCUT2D eigenvalue weighted by Gasteiger charge is 2.05. The quantitative estimate of drug-likeness (QED) is 0.783. The molecule has 1 aromatic carbocycles. The summed E-state index contributed by atoms with van der Waals surface area (Å²) in [5.41, 5.74) is 2.25. The third-order valence-corrected chi connectivity index (χ3v) is 3.59. The molecule has 2 nitrogen and oxygen atoms in total. The van der Waals surface area contributed by atoms with Gasteiger partial charge in [0, 0.05) is 29.7 Å². The molecule has 0 unspecified atom stereocenters. The maximum atomic E-state index is 10.6. The van der Waals surface area contributed by atoms with E-state index in [0.717, 1.165) is 28.4 Å².